The maximum Gasteiger partial charge on any atom is 0.233 e. The van der Waals surface area contributed by atoms with Gasteiger partial charge in [-0.05, 0) is 55.3 Å². The maximum absolute atomic E-state index is 13.0. The molecule has 0 aromatic heterocycles. The Kier molecular flexibility index (Phi) is 10.3. The van der Waals surface area contributed by atoms with E-state index in [-0.39, 0.29) is 18.6 Å². The largest absolute Gasteiger partial charge is 0.497 e. The fourth-order valence-electron chi connectivity index (χ4n) is 3.70. The first-order valence-electron chi connectivity index (χ1n) is 12.4. The van der Waals surface area contributed by atoms with Gasteiger partial charge >= 0.3 is 0 Å². The second kappa shape index (κ2) is 13.8. The molecule has 0 aliphatic heterocycles. The highest BCUT2D eigenvalue weighted by atomic mass is 16.5. The summed E-state index contributed by atoms with van der Waals surface area (Å²) in [5.74, 6) is 0.364. The van der Waals surface area contributed by atoms with Gasteiger partial charge in [0.1, 0.15) is 17.9 Å². The Hall–Kier alpha value is -4.13. The molecule has 3 aromatic carbocycles. The smallest absolute Gasteiger partial charge is 0.233 e. The number of anilines is 1. The third-order valence-corrected chi connectivity index (χ3v) is 5.84. The number of hydrogen-bond donors (Lipinski definition) is 2. The number of carbonyl (C=O) groups excluding carboxylic acids is 3. The van der Waals surface area contributed by atoms with E-state index in [0.717, 1.165) is 29.7 Å². The molecule has 1 atom stereocenters. The first-order valence-corrected chi connectivity index (χ1v) is 12.4. The molecule has 0 radical (unpaired) electrons. The van der Waals surface area contributed by atoms with E-state index in [1.807, 2.05) is 43.3 Å². The zero-order valence-corrected chi connectivity index (χ0v) is 21.6. The fourth-order valence-corrected chi connectivity index (χ4v) is 3.70. The average Bonchev–Trinajstić information content (AvgIpc) is 2.89. The highest BCUT2D eigenvalue weighted by Crippen LogP contribution is 2.23. The Labute approximate surface area is 218 Å². The Bertz CT molecular complexity index is 1170. The maximum atomic E-state index is 13.0. The molecule has 2 N–H and O–H groups in total. The van der Waals surface area contributed by atoms with E-state index < -0.39 is 17.9 Å². The number of ketones is 1. The van der Waals surface area contributed by atoms with Gasteiger partial charge in [-0.2, -0.15) is 0 Å². The Morgan fingerprint density at radius 2 is 1.49 bits per heavy atom. The summed E-state index contributed by atoms with van der Waals surface area (Å²) >= 11 is 0. The highest BCUT2D eigenvalue weighted by molar-refractivity contribution is 6.04. The summed E-state index contributed by atoms with van der Waals surface area (Å²) in [6, 6.07) is 20.9. The molecule has 3 rings (SSSR count). The lowest BCUT2D eigenvalue weighted by molar-refractivity contribution is -0.127. The summed E-state index contributed by atoms with van der Waals surface area (Å²) in [4.78, 5) is 38.3. The normalized spacial score (nSPS) is 11.3. The lowest BCUT2D eigenvalue weighted by Gasteiger charge is -2.19. The summed E-state index contributed by atoms with van der Waals surface area (Å²) in [6.45, 7) is 4.69. The molecule has 0 saturated carbocycles. The second-order valence-corrected chi connectivity index (χ2v) is 8.84. The quantitative estimate of drug-likeness (QED) is 0.179. The minimum atomic E-state index is -0.597. The molecule has 7 heteroatoms. The number of ether oxygens (including phenoxy) is 2. The third-order valence-electron chi connectivity index (χ3n) is 5.84. The number of carbonyl (C=O) groups is 3. The average molecular weight is 503 g/mol. The van der Waals surface area contributed by atoms with Crippen molar-refractivity contribution in [3.05, 3.63) is 89.5 Å². The SMILES string of the molecule is CCCCOc1ccc([C@@H](CC(=O)c2ccc(C)cc2)NC(=O)CC(=O)Nc2ccc(OC)cc2)cc1. The van der Waals surface area contributed by atoms with E-state index >= 15 is 0 Å². The minimum absolute atomic E-state index is 0.0605. The second-order valence-electron chi connectivity index (χ2n) is 8.84. The summed E-state index contributed by atoms with van der Waals surface area (Å²) in [6.07, 6.45) is 1.69. The van der Waals surface area contributed by atoms with Gasteiger partial charge in [-0.1, -0.05) is 55.3 Å². The number of Topliss-reactive ketones (excluding diaryl/α,β-unsaturated/α-hetero) is 1. The van der Waals surface area contributed by atoms with Crippen LogP contribution in [-0.4, -0.2) is 31.3 Å². The van der Waals surface area contributed by atoms with Gasteiger partial charge in [0.25, 0.3) is 0 Å². The number of aryl methyl sites for hydroxylation is 1. The van der Waals surface area contributed by atoms with Gasteiger partial charge in [-0.25, -0.2) is 0 Å². The molecule has 0 spiro atoms. The van der Waals surface area contributed by atoms with Crippen molar-refractivity contribution in [1.29, 1.82) is 0 Å². The summed E-state index contributed by atoms with van der Waals surface area (Å²) in [5.41, 5.74) is 2.94. The van der Waals surface area contributed by atoms with Crippen molar-refractivity contribution in [2.75, 3.05) is 19.0 Å². The van der Waals surface area contributed by atoms with Gasteiger partial charge in [-0.15, -0.1) is 0 Å². The zero-order valence-electron chi connectivity index (χ0n) is 21.6. The predicted molar refractivity (Wildman–Crippen MR) is 144 cm³/mol. The minimum Gasteiger partial charge on any atom is -0.497 e. The molecule has 7 nitrogen and oxygen atoms in total. The lowest BCUT2D eigenvalue weighted by Crippen LogP contribution is -2.33. The van der Waals surface area contributed by atoms with Gasteiger partial charge in [-0.3, -0.25) is 14.4 Å². The van der Waals surface area contributed by atoms with E-state index in [1.54, 1.807) is 43.5 Å². The van der Waals surface area contributed by atoms with Crippen molar-refractivity contribution < 1.29 is 23.9 Å². The van der Waals surface area contributed by atoms with Gasteiger partial charge in [0.2, 0.25) is 11.8 Å². The van der Waals surface area contributed by atoms with Gasteiger partial charge in [0.15, 0.2) is 5.78 Å². The van der Waals surface area contributed by atoms with Crippen molar-refractivity contribution in [1.82, 2.24) is 5.32 Å². The van der Waals surface area contributed by atoms with Gasteiger partial charge in [0.05, 0.1) is 19.8 Å². The van der Waals surface area contributed by atoms with Crippen molar-refractivity contribution in [2.45, 2.75) is 45.6 Å². The molecule has 194 valence electrons. The Balaban J connectivity index is 1.68. The van der Waals surface area contributed by atoms with Crippen LogP contribution in [0.5, 0.6) is 11.5 Å². The first-order chi connectivity index (χ1) is 17.9. The van der Waals surface area contributed by atoms with E-state index in [0.29, 0.717) is 23.6 Å². The van der Waals surface area contributed by atoms with E-state index in [1.165, 1.54) is 0 Å². The van der Waals surface area contributed by atoms with Crippen molar-refractivity contribution in [2.24, 2.45) is 0 Å². The summed E-state index contributed by atoms with van der Waals surface area (Å²) in [7, 11) is 1.56. The van der Waals surface area contributed by atoms with Crippen molar-refractivity contribution in [3.8, 4) is 11.5 Å². The molecule has 0 aliphatic rings. The van der Waals surface area contributed by atoms with Gasteiger partial charge in [0, 0.05) is 17.7 Å². The van der Waals surface area contributed by atoms with Crippen LogP contribution in [0.15, 0.2) is 72.8 Å². The molecule has 37 heavy (non-hydrogen) atoms. The topological polar surface area (TPSA) is 93.7 Å². The summed E-state index contributed by atoms with van der Waals surface area (Å²) in [5, 5.41) is 5.57. The standard InChI is InChI=1S/C30H34N2O5/c1-4-5-18-37-26-14-10-22(11-15-26)27(19-28(33)23-8-6-21(2)7-9-23)32-30(35)20-29(34)31-24-12-16-25(36-3)17-13-24/h6-17,27H,4-5,18-20H2,1-3H3,(H,31,34)(H,32,35)/t27-/m1/s1. The Morgan fingerprint density at radius 3 is 2.11 bits per heavy atom. The Morgan fingerprint density at radius 1 is 0.838 bits per heavy atom. The third kappa shape index (κ3) is 8.79. The first kappa shape index (κ1) is 27.5. The predicted octanol–water partition coefficient (Wildman–Crippen LogP) is 5.64. The molecule has 0 unspecified atom stereocenters. The van der Waals surface area contributed by atoms with Crippen molar-refractivity contribution in [3.63, 3.8) is 0 Å². The molecule has 3 aromatic rings. The molecular formula is C30H34N2O5. The molecule has 0 bridgehead atoms. The summed E-state index contributed by atoms with van der Waals surface area (Å²) < 4.78 is 10.8. The zero-order chi connectivity index (χ0) is 26.6. The van der Waals surface area contributed by atoms with Crippen LogP contribution < -0.4 is 20.1 Å². The van der Waals surface area contributed by atoms with Crippen LogP contribution in [0.2, 0.25) is 0 Å². The number of unbranched alkanes of at least 4 members (excludes halogenated alkanes) is 1. The van der Waals surface area contributed by atoms with Crippen LogP contribution in [0, 0.1) is 6.92 Å². The van der Waals surface area contributed by atoms with Crippen LogP contribution >= 0.6 is 0 Å². The molecule has 0 heterocycles. The number of amides is 2. The van der Waals surface area contributed by atoms with Crippen molar-refractivity contribution >= 4 is 23.3 Å². The molecule has 0 saturated heterocycles. The fraction of sp³-hybridized carbons (Fsp3) is 0.300. The van der Waals surface area contributed by atoms with Crippen LogP contribution in [0.3, 0.4) is 0 Å². The van der Waals surface area contributed by atoms with Crippen LogP contribution in [0.1, 0.15) is 60.1 Å². The van der Waals surface area contributed by atoms with E-state index in [2.05, 4.69) is 17.6 Å². The molecular weight excluding hydrogens is 468 g/mol. The number of benzene rings is 3. The highest BCUT2D eigenvalue weighted by Gasteiger charge is 2.21. The van der Waals surface area contributed by atoms with E-state index in [9.17, 15) is 14.4 Å². The number of rotatable bonds is 13. The lowest BCUT2D eigenvalue weighted by atomic mass is 9.97. The number of methoxy groups -OCH3 is 1. The van der Waals surface area contributed by atoms with Crippen LogP contribution in [0.4, 0.5) is 5.69 Å². The molecule has 2 amide bonds. The monoisotopic (exact) mass is 502 g/mol. The molecule has 0 fully saturated rings. The molecule has 0 aliphatic carbocycles. The number of hydrogen-bond acceptors (Lipinski definition) is 5. The number of nitrogens with one attached hydrogen (secondary N) is 2. The van der Waals surface area contributed by atoms with Gasteiger partial charge < -0.3 is 20.1 Å². The van der Waals surface area contributed by atoms with Crippen LogP contribution in [-0.2, 0) is 9.59 Å². The van der Waals surface area contributed by atoms with Crippen LogP contribution in [0.25, 0.3) is 0 Å². The van der Waals surface area contributed by atoms with E-state index in [4.69, 9.17) is 9.47 Å².